The molecule has 0 spiro atoms. The molecular weight excluding hydrogens is 260 g/mol. The molecule has 0 radical (unpaired) electrons. The molecule has 1 unspecified atom stereocenters. The molecule has 0 amide bonds. The summed E-state index contributed by atoms with van der Waals surface area (Å²) in [6, 6.07) is 17.3. The van der Waals surface area contributed by atoms with E-state index >= 15 is 0 Å². The van der Waals surface area contributed by atoms with Crippen LogP contribution in [-0.2, 0) is 0 Å². The van der Waals surface area contributed by atoms with Crippen molar-refractivity contribution in [3.8, 4) is 11.1 Å². The lowest BCUT2D eigenvalue weighted by Crippen LogP contribution is -2.21. The van der Waals surface area contributed by atoms with E-state index in [2.05, 4.69) is 0 Å². The third kappa shape index (κ3) is 2.36. The highest BCUT2D eigenvalue weighted by atomic mass is 16.1. The van der Waals surface area contributed by atoms with Gasteiger partial charge in [0, 0.05) is 17.8 Å². The van der Waals surface area contributed by atoms with Crippen molar-refractivity contribution >= 4 is 5.52 Å². The molecule has 0 aliphatic carbocycles. The van der Waals surface area contributed by atoms with Gasteiger partial charge in [-0.05, 0) is 35.7 Å². The van der Waals surface area contributed by atoms with Crippen molar-refractivity contribution in [2.45, 2.75) is 19.4 Å². The Morgan fingerprint density at radius 3 is 2.52 bits per heavy atom. The molecule has 2 heterocycles. The smallest absolute Gasteiger partial charge is 0.263 e. The zero-order chi connectivity index (χ0) is 14.8. The fourth-order valence-corrected chi connectivity index (χ4v) is 2.64. The molecule has 3 aromatic rings. The minimum absolute atomic E-state index is 0.0156. The van der Waals surface area contributed by atoms with Crippen LogP contribution in [0.25, 0.3) is 16.6 Å². The molecule has 1 atom stereocenters. The zero-order valence-electron chi connectivity index (χ0n) is 12.0. The van der Waals surface area contributed by atoms with E-state index in [4.69, 9.17) is 5.73 Å². The number of benzene rings is 1. The summed E-state index contributed by atoms with van der Waals surface area (Å²) in [7, 11) is 0. The van der Waals surface area contributed by atoms with Crippen LogP contribution < -0.4 is 11.3 Å². The van der Waals surface area contributed by atoms with Crippen molar-refractivity contribution in [3.05, 3.63) is 76.7 Å². The van der Waals surface area contributed by atoms with Crippen LogP contribution in [0.5, 0.6) is 0 Å². The van der Waals surface area contributed by atoms with Gasteiger partial charge in [-0.15, -0.1) is 0 Å². The van der Waals surface area contributed by atoms with Crippen LogP contribution in [0.3, 0.4) is 0 Å². The Balaban J connectivity index is 2.40. The largest absolute Gasteiger partial charge is 0.324 e. The fraction of sp³-hybridized carbons (Fsp3) is 0.167. The minimum Gasteiger partial charge on any atom is -0.324 e. The highest BCUT2D eigenvalue weighted by molar-refractivity contribution is 5.70. The van der Waals surface area contributed by atoms with Gasteiger partial charge < -0.3 is 5.73 Å². The molecular formula is C18H18N2O. The van der Waals surface area contributed by atoms with E-state index in [0.29, 0.717) is 5.56 Å². The summed E-state index contributed by atoms with van der Waals surface area (Å²) < 4.78 is 1.67. The van der Waals surface area contributed by atoms with Crippen molar-refractivity contribution < 1.29 is 0 Å². The van der Waals surface area contributed by atoms with E-state index in [1.165, 1.54) is 0 Å². The number of rotatable bonds is 3. The zero-order valence-corrected chi connectivity index (χ0v) is 12.0. The number of nitrogens with two attached hydrogens (primary N) is 1. The monoisotopic (exact) mass is 278 g/mol. The number of pyridine rings is 2. The van der Waals surface area contributed by atoms with Crippen molar-refractivity contribution in [2.24, 2.45) is 5.73 Å². The standard InChI is InChI=1S/C18H18N2O/c1-2-16(19)15-12-14-10-6-7-11-20(14)18(21)17(15)13-8-4-3-5-9-13/h3-12,16H,2,19H2,1H3. The van der Waals surface area contributed by atoms with E-state index in [0.717, 1.165) is 23.1 Å². The fourth-order valence-electron chi connectivity index (χ4n) is 2.64. The maximum atomic E-state index is 12.9. The molecule has 3 heteroatoms. The van der Waals surface area contributed by atoms with Gasteiger partial charge in [0.15, 0.2) is 0 Å². The molecule has 1 aromatic carbocycles. The summed E-state index contributed by atoms with van der Waals surface area (Å²) in [5.41, 5.74) is 9.64. The number of aromatic nitrogens is 1. The number of hydrogen-bond acceptors (Lipinski definition) is 2. The second-order valence-corrected chi connectivity index (χ2v) is 5.16. The molecule has 3 nitrogen and oxygen atoms in total. The predicted molar refractivity (Wildman–Crippen MR) is 86.3 cm³/mol. The molecule has 106 valence electrons. The highest BCUT2D eigenvalue weighted by Crippen LogP contribution is 2.26. The average Bonchev–Trinajstić information content (AvgIpc) is 2.55. The van der Waals surface area contributed by atoms with Gasteiger partial charge in [-0.2, -0.15) is 0 Å². The lowest BCUT2D eigenvalue weighted by molar-refractivity contribution is 0.698. The van der Waals surface area contributed by atoms with Crippen LogP contribution in [0, 0.1) is 0 Å². The summed E-state index contributed by atoms with van der Waals surface area (Å²) in [6.45, 7) is 2.03. The first-order chi connectivity index (χ1) is 10.2. The van der Waals surface area contributed by atoms with Crippen LogP contribution in [0.2, 0.25) is 0 Å². The summed E-state index contributed by atoms with van der Waals surface area (Å²) >= 11 is 0. The summed E-state index contributed by atoms with van der Waals surface area (Å²) in [5.74, 6) is 0. The quantitative estimate of drug-likeness (QED) is 0.798. The average molecular weight is 278 g/mol. The lowest BCUT2D eigenvalue weighted by Gasteiger charge is -2.16. The van der Waals surface area contributed by atoms with Gasteiger partial charge in [-0.1, -0.05) is 43.3 Å². The Morgan fingerprint density at radius 2 is 1.81 bits per heavy atom. The Kier molecular flexibility index (Phi) is 3.59. The van der Waals surface area contributed by atoms with E-state index < -0.39 is 0 Å². The van der Waals surface area contributed by atoms with Gasteiger partial charge >= 0.3 is 0 Å². The third-order valence-electron chi connectivity index (χ3n) is 3.82. The van der Waals surface area contributed by atoms with E-state index in [1.54, 1.807) is 10.6 Å². The Hall–Kier alpha value is -2.39. The van der Waals surface area contributed by atoms with Gasteiger partial charge in [0.2, 0.25) is 0 Å². The van der Waals surface area contributed by atoms with Crippen LogP contribution in [-0.4, -0.2) is 4.40 Å². The first-order valence-electron chi connectivity index (χ1n) is 7.17. The van der Waals surface area contributed by atoms with Gasteiger partial charge in [-0.25, -0.2) is 0 Å². The Labute approximate surface area is 123 Å². The van der Waals surface area contributed by atoms with Crippen LogP contribution in [0.1, 0.15) is 24.9 Å². The lowest BCUT2D eigenvalue weighted by atomic mass is 9.95. The van der Waals surface area contributed by atoms with Crippen molar-refractivity contribution in [2.75, 3.05) is 0 Å². The van der Waals surface area contributed by atoms with Gasteiger partial charge in [0.05, 0.1) is 5.56 Å². The molecule has 0 fully saturated rings. The maximum absolute atomic E-state index is 12.9. The number of hydrogen-bond donors (Lipinski definition) is 1. The van der Waals surface area contributed by atoms with E-state index in [1.807, 2.05) is 61.5 Å². The maximum Gasteiger partial charge on any atom is 0.263 e. The van der Waals surface area contributed by atoms with Gasteiger partial charge in [-0.3, -0.25) is 9.20 Å². The Bertz CT molecular complexity index is 821. The number of nitrogens with zero attached hydrogens (tertiary/aromatic N) is 1. The first-order valence-corrected chi connectivity index (χ1v) is 7.17. The molecule has 0 bridgehead atoms. The topological polar surface area (TPSA) is 47.5 Å². The van der Waals surface area contributed by atoms with Crippen molar-refractivity contribution in [1.29, 1.82) is 0 Å². The molecule has 0 saturated carbocycles. The second kappa shape index (κ2) is 5.54. The van der Waals surface area contributed by atoms with Crippen LogP contribution in [0.15, 0.2) is 65.6 Å². The Morgan fingerprint density at radius 1 is 1.10 bits per heavy atom. The third-order valence-corrected chi connectivity index (χ3v) is 3.82. The minimum atomic E-state index is -0.141. The van der Waals surface area contributed by atoms with Crippen molar-refractivity contribution in [3.63, 3.8) is 0 Å². The molecule has 2 aromatic heterocycles. The molecule has 2 N–H and O–H groups in total. The van der Waals surface area contributed by atoms with Gasteiger partial charge in [0.25, 0.3) is 5.56 Å². The molecule has 21 heavy (non-hydrogen) atoms. The molecule has 0 saturated heterocycles. The molecule has 0 aliphatic rings. The highest BCUT2D eigenvalue weighted by Gasteiger charge is 2.16. The normalized spacial score (nSPS) is 12.5. The predicted octanol–water partition coefficient (Wildman–Crippen LogP) is 3.38. The first kappa shape index (κ1) is 13.6. The van der Waals surface area contributed by atoms with Crippen LogP contribution >= 0.6 is 0 Å². The molecule has 3 rings (SSSR count). The summed E-state index contributed by atoms with van der Waals surface area (Å²) in [6.07, 6.45) is 2.59. The van der Waals surface area contributed by atoms with Gasteiger partial charge in [0.1, 0.15) is 0 Å². The SMILES string of the molecule is CCC(N)c1cc2ccccn2c(=O)c1-c1ccccc1. The molecule has 0 aliphatic heterocycles. The summed E-state index contributed by atoms with van der Waals surface area (Å²) in [5, 5.41) is 0. The van der Waals surface area contributed by atoms with E-state index in [9.17, 15) is 4.79 Å². The van der Waals surface area contributed by atoms with Crippen LogP contribution in [0.4, 0.5) is 0 Å². The second-order valence-electron chi connectivity index (χ2n) is 5.16. The van der Waals surface area contributed by atoms with Crippen molar-refractivity contribution in [1.82, 2.24) is 4.40 Å². The van der Waals surface area contributed by atoms with E-state index in [-0.39, 0.29) is 11.6 Å². The summed E-state index contributed by atoms with van der Waals surface area (Å²) in [4.78, 5) is 12.9. The number of fused-ring (bicyclic) bond motifs is 1.